The first kappa shape index (κ1) is 11.2. The summed E-state index contributed by atoms with van der Waals surface area (Å²) in [4.78, 5) is 0. The van der Waals surface area contributed by atoms with Crippen LogP contribution in [0.1, 0.15) is 0 Å². The molecule has 0 aromatic rings. The summed E-state index contributed by atoms with van der Waals surface area (Å²) in [7, 11) is -1.60. The van der Waals surface area contributed by atoms with Crippen LogP contribution in [-0.4, -0.2) is 22.6 Å². The Morgan fingerprint density at radius 1 is 1.12 bits per heavy atom. The predicted octanol–water partition coefficient (Wildman–Crippen LogP) is 0.102. The SMILES string of the molecule is Br.COS(=O)(=O)OC. The zero-order valence-electron chi connectivity index (χ0n) is 4.45. The fourth-order valence-corrected chi connectivity index (χ4v) is 0.204. The van der Waals surface area contributed by atoms with Crippen molar-refractivity contribution in [1.82, 2.24) is 0 Å². The number of halogens is 1. The van der Waals surface area contributed by atoms with Crippen molar-refractivity contribution in [2.75, 3.05) is 14.2 Å². The summed E-state index contributed by atoms with van der Waals surface area (Å²) in [6, 6.07) is 0. The van der Waals surface area contributed by atoms with Gasteiger partial charge in [0.1, 0.15) is 0 Å². The molecule has 8 heavy (non-hydrogen) atoms. The lowest BCUT2D eigenvalue weighted by atomic mass is 11.8. The van der Waals surface area contributed by atoms with Crippen molar-refractivity contribution >= 4 is 27.4 Å². The molecule has 0 N–H and O–H groups in total. The highest BCUT2D eigenvalue weighted by atomic mass is 79.9. The molecular formula is C2H7BrO4S. The van der Waals surface area contributed by atoms with Gasteiger partial charge in [0.2, 0.25) is 0 Å². The van der Waals surface area contributed by atoms with Crippen LogP contribution >= 0.6 is 17.0 Å². The first-order valence-electron chi connectivity index (χ1n) is 1.48. The van der Waals surface area contributed by atoms with Crippen LogP contribution in [0.25, 0.3) is 0 Å². The largest absolute Gasteiger partial charge is 0.399 e. The van der Waals surface area contributed by atoms with Crippen molar-refractivity contribution < 1.29 is 16.8 Å². The molecule has 0 aliphatic heterocycles. The maximum absolute atomic E-state index is 9.92. The molecule has 0 aromatic carbocycles. The quantitative estimate of drug-likeness (QED) is 0.644. The number of hydrogen-bond donors (Lipinski definition) is 0. The molecule has 6 heteroatoms. The first-order chi connectivity index (χ1) is 3.12. The Kier molecular flexibility index (Phi) is 5.94. The molecule has 0 bridgehead atoms. The summed E-state index contributed by atoms with van der Waals surface area (Å²) in [6.07, 6.45) is 0. The highest BCUT2D eigenvalue weighted by Gasteiger charge is 2.01. The summed E-state index contributed by atoms with van der Waals surface area (Å²) < 4.78 is 27.5. The van der Waals surface area contributed by atoms with Crippen molar-refractivity contribution in [2.24, 2.45) is 0 Å². The van der Waals surface area contributed by atoms with E-state index in [1.54, 1.807) is 0 Å². The van der Waals surface area contributed by atoms with Crippen molar-refractivity contribution in [2.45, 2.75) is 0 Å². The third kappa shape index (κ3) is 4.51. The zero-order valence-corrected chi connectivity index (χ0v) is 6.98. The fraction of sp³-hybridized carbons (Fsp3) is 1.00. The van der Waals surface area contributed by atoms with Gasteiger partial charge in [0.25, 0.3) is 0 Å². The summed E-state index contributed by atoms with van der Waals surface area (Å²) in [5, 5.41) is 0. The second kappa shape index (κ2) is 4.25. The van der Waals surface area contributed by atoms with Gasteiger partial charge in [-0.25, -0.2) is 0 Å². The molecule has 0 amide bonds. The van der Waals surface area contributed by atoms with Crippen LogP contribution < -0.4 is 0 Å². The van der Waals surface area contributed by atoms with Crippen LogP contribution in [0.5, 0.6) is 0 Å². The Balaban J connectivity index is 0. The second-order valence-electron chi connectivity index (χ2n) is 0.742. The van der Waals surface area contributed by atoms with E-state index in [4.69, 9.17) is 0 Å². The number of hydrogen-bond acceptors (Lipinski definition) is 4. The van der Waals surface area contributed by atoms with Gasteiger partial charge in [0.05, 0.1) is 14.2 Å². The number of rotatable bonds is 2. The van der Waals surface area contributed by atoms with E-state index in [1.165, 1.54) is 0 Å². The Morgan fingerprint density at radius 3 is 1.38 bits per heavy atom. The topological polar surface area (TPSA) is 52.6 Å². The van der Waals surface area contributed by atoms with E-state index in [0.717, 1.165) is 14.2 Å². The molecule has 0 fully saturated rings. The van der Waals surface area contributed by atoms with E-state index in [2.05, 4.69) is 8.37 Å². The van der Waals surface area contributed by atoms with Crippen LogP contribution in [0, 0.1) is 0 Å². The molecule has 0 rings (SSSR count). The van der Waals surface area contributed by atoms with Crippen molar-refractivity contribution in [3.8, 4) is 0 Å². The normalized spacial score (nSPS) is 10.2. The van der Waals surface area contributed by atoms with E-state index in [9.17, 15) is 8.42 Å². The molecule has 0 unspecified atom stereocenters. The maximum atomic E-state index is 9.92. The van der Waals surface area contributed by atoms with E-state index in [-0.39, 0.29) is 17.0 Å². The Morgan fingerprint density at radius 2 is 1.38 bits per heavy atom. The monoisotopic (exact) mass is 206 g/mol. The smallest absolute Gasteiger partial charge is 0.252 e. The van der Waals surface area contributed by atoms with Gasteiger partial charge in [0, 0.05) is 0 Å². The van der Waals surface area contributed by atoms with Gasteiger partial charge in [-0.1, -0.05) is 0 Å². The lowest BCUT2D eigenvalue weighted by Gasteiger charge is -1.91. The molecule has 0 saturated heterocycles. The zero-order chi connectivity index (χ0) is 5.91. The summed E-state index contributed by atoms with van der Waals surface area (Å²) in [5.41, 5.74) is 0. The highest BCUT2D eigenvalue weighted by molar-refractivity contribution is 8.93. The third-order valence-corrected chi connectivity index (χ3v) is 1.22. The van der Waals surface area contributed by atoms with Gasteiger partial charge in [0.15, 0.2) is 0 Å². The van der Waals surface area contributed by atoms with Gasteiger partial charge in [-0.2, -0.15) is 8.42 Å². The second-order valence-corrected chi connectivity index (χ2v) is 2.22. The van der Waals surface area contributed by atoms with Crippen molar-refractivity contribution in [3.63, 3.8) is 0 Å². The highest BCUT2D eigenvalue weighted by Crippen LogP contribution is 1.85. The molecular weight excluding hydrogens is 200 g/mol. The average molecular weight is 207 g/mol. The Labute approximate surface area is 58.9 Å². The Bertz CT molecular complexity index is 117. The molecule has 4 nitrogen and oxygen atoms in total. The molecule has 0 aromatic heterocycles. The maximum Gasteiger partial charge on any atom is 0.399 e. The van der Waals surface area contributed by atoms with Crippen LogP contribution in [0.15, 0.2) is 0 Å². The molecule has 0 saturated carbocycles. The molecule has 0 aliphatic carbocycles. The molecule has 0 radical (unpaired) electrons. The van der Waals surface area contributed by atoms with E-state index < -0.39 is 10.4 Å². The summed E-state index contributed by atoms with van der Waals surface area (Å²) in [5.74, 6) is 0. The lowest BCUT2D eigenvalue weighted by Crippen LogP contribution is -2.02. The minimum atomic E-state index is -3.66. The molecule has 0 atom stereocenters. The van der Waals surface area contributed by atoms with Gasteiger partial charge < -0.3 is 0 Å². The average Bonchev–Trinajstić information content (AvgIpc) is 1.68. The van der Waals surface area contributed by atoms with E-state index in [1.807, 2.05) is 0 Å². The van der Waals surface area contributed by atoms with Gasteiger partial charge >= 0.3 is 10.4 Å². The van der Waals surface area contributed by atoms with Gasteiger partial charge in [-0.05, 0) is 0 Å². The van der Waals surface area contributed by atoms with Crippen LogP contribution in [0.3, 0.4) is 0 Å². The van der Waals surface area contributed by atoms with Crippen LogP contribution in [0.2, 0.25) is 0 Å². The first-order valence-corrected chi connectivity index (χ1v) is 2.82. The van der Waals surface area contributed by atoms with Gasteiger partial charge in [-0.15, -0.1) is 17.0 Å². The van der Waals surface area contributed by atoms with Gasteiger partial charge in [-0.3, -0.25) is 8.37 Å². The molecule has 0 spiro atoms. The summed E-state index contributed by atoms with van der Waals surface area (Å²) >= 11 is 0. The minimum absolute atomic E-state index is 0. The van der Waals surface area contributed by atoms with E-state index in [0.29, 0.717) is 0 Å². The molecule has 0 aliphatic rings. The molecule has 0 heterocycles. The Hall–Kier alpha value is 0.350. The van der Waals surface area contributed by atoms with Crippen molar-refractivity contribution in [1.29, 1.82) is 0 Å². The van der Waals surface area contributed by atoms with Crippen LogP contribution in [-0.2, 0) is 18.8 Å². The molecule has 52 valence electrons. The summed E-state index contributed by atoms with van der Waals surface area (Å²) in [6.45, 7) is 0. The predicted molar refractivity (Wildman–Crippen MR) is 33.3 cm³/mol. The minimum Gasteiger partial charge on any atom is -0.252 e. The standard InChI is InChI=1S/C2H6O4S.BrH/c1-5-7(3,4)6-2;/h1-2H3;1H. The lowest BCUT2D eigenvalue weighted by molar-refractivity contribution is 0.286. The van der Waals surface area contributed by atoms with Crippen LogP contribution in [0.4, 0.5) is 0 Å². The third-order valence-electron chi connectivity index (χ3n) is 0.408. The fourth-order valence-electron chi connectivity index (χ4n) is 0.0680. The van der Waals surface area contributed by atoms with E-state index >= 15 is 0 Å². The van der Waals surface area contributed by atoms with Crippen molar-refractivity contribution in [3.05, 3.63) is 0 Å².